The number of carbonyl (C=O) groups is 1. The first-order chi connectivity index (χ1) is 10.2. The van der Waals surface area contributed by atoms with E-state index in [2.05, 4.69) is 17.1 Å². The van der Waals surface area contributed by atoms with Crippen LogP contribution in [0.15, 0.2) is 24.3 Å². The number of carboxylic acids is 1. The van der Waals surface area contributed by atoms with Gasteiger partial charge >= 0.3 is 5.97 Å². The molecule has 5 heteroatoms. The number of piperidine rings is 1. The number of hydrogen-bond donors (Lipinski definition) is 2. The zero-order valence-corrected chi connectivity index (χ0v) is 12.5. The predicted octanol–water partition coefficient (Wildman–Crippen LogP) is 1.84. The van der Waals surface area contributed by atoms with Gasteiger partial charge in [-0.3, -0.25) is 4.90 Å². The van der Waals surface area contributed by atoms with E-state index >= 15 is 0 Å². The maximum atomic E-state index is 11.1. The molecule has 0 aromatic heterocycles. The molecule has 0 radical (unpaired) electrons. The van der Waals surface area contributed by atoms with Gasteiger partial charge in [0, 0.05) is 12.6 Å². The zero-order valence-electron chi connectivity index (χ0n) is 12.5. The molecule has 1 aliphatic heterocycles. The Kier molecular flexibility index (Phi) is 6.02. The first-order valence-electron chi connectivity index (χ1n) is 7.62. The number of nitrogens with one attached hydrogen (secondary N) is 1. The number of rotatable bonds is 7. The molecule has 1 heterocycles. The van der Waals surface area contributed by atoms with Crippen molar-refractivity contribution in [2.75, 3.05) is 32.8 Å². The van der Waals surface area contributed by atoms with Crippen LogP contribution in [0, 0.1) is 0 Å². The Morgan fingerprint density at radius 2 is 2.10 bits per heavy atom. The highest BCUT2D eigenvalue weighted by Crippen LogP contribution is 2.18. The topological polar surface area (TPSA) is 61.8 Å². The number of nitrogens with zero attached hydrogens (tertiary/aromatic N) is 1. The summed E-state index contributed by atoms with van der Waals surface area (Å²) in [5, 5.41) is 12.5. The van der Waals surface area contributed by atoms with Gasteiger partial charge in [0.15, 0.2) is 0 Å². The predicted molar refractivity (Wildman–Crippen MR) is 82.0 cm³/mol. The molecule has 0 amide bonds. The standard InChI is InChI=1S/C16H24N2O3/c1-2-18(13-7-9-17-10-8-13)11-12-21-15-6-4-3-5-14(15)16(19)20/h3-6,13,17H,2,7-12H2,1H3,(H,19,20). The smallest absolute Gasteiger partial charge is 0.339 e. The maximum absolute atomic E-state index is 11.1. The second kappa shape index (κ2) is 8.00. The number of carboxylic acid groups (broad SMARTS) is 1. The first kappa shape index (κ1) is 15.8. The quantitative estimate of drug-likeness (QED) is 0.803. The second-order valence-electron chi connectivity index (χ2n) is 5.26. The summed E-state index contributed by atoms with van der Waals surface area (Å²) in [7, 11) is 0. The van der Waals surface area contributed by atoms with E-state index in [4.69, 9.17) is 9.84 Å². The molecule has 5 nitrogen and oxygen atoms in total. The number of benzene rings is 1. The fraction of sp³-hybridized carbons (Fsp3) is 0.562. The molecule has 116 valence electrons. The molecule has 0 unspecified atom stereocenters. The Labute approximate surface area is 125 Å². The molecule has 2 N–H and O–H groups in total. The molecule has 1 aromatic carbocycles. The largest absolute Gasteiger partial charge is 0.491 e. The van der Waals surface area contributed by atoms with Crippen LogP contribution in [-0.2, 0) is 0 Å². The summed E-state index contributed by atoms with van der Waals surface area (Å²) in [6.45, 7) is 6.65. The summed E-state index contributed by atoms with van der Waals surface area (Å²) in [6, 6.07) is 7.40. The molecule has 0 aliphatic carbocycles. The molecule has 0 saturated carbocycles. The lowest BCUT2D eigenvalue weighted by molar-refractivity contribution is 0.0690. The van der Waals surface area contributed by atoms with Gasteiger partial charge in [0.05, 0.1) is 0 Å². The second-order valence-corrected chi connectivity index (χ2v) is 5.26. The Balaban J connectivity index is 1.86. The molecule has 0 bridgehead atoms. The van der Waals surface area contributed by atoms with Crippen LogP contribution in [0.4, 0.5) is 0 Å². The van der Waals surface area contributed by atoms with Crippen molar-refractivity contribution in [1.29, 1.82) is 0 Å². The normalized spacial score (nSPS) is 16.1. The monoisotopic (exact) mass is 292 g/mol. The van der Waals surface area contributed by atoms with E-state index in [0.717, 1.165) is 26.2 Å². The summed E-state index contributed by atoms with van der Waals surface area (Å²) in [4.78, 5) is 13.5. The van der Waals surface area contributed by atoms with Crippen molar-refractivity contribution in [3.63, 3.8) is 0 Å². The third-order valence-electron chi connectivity index (χ3n) is 3.98. The lowest BCUT2D eigenvalue weighted by Crippen LogP contribution is -2.44. The average molecular weight is 292 g/mol. The molecule has 0 spiro atoms. The Morgan fingerprint density at radius 1 is 1.38 bits per heavy atom. The number of ether oxygens (including phenoxy) is 1. The van der Waals surface area contributed by atoms with Crippen molar-refractivity contribution in [2.45, 2.75) is 25.8 Å². The third kappa shape index (κ3) is 4.44. The van der Waals surface area contributed by atoms with Crippen LogP contribution in [0.5, 0.6) is 5.75 Å². The molecule has 2 rings (SSSR count). The van der Waals surface area contributed by atoms with E-state index in [1.165, 1.54) is 12.8 Å². The van der Waals surface area contributed by atoms with Crippen molar-refractivity contribution >= 4 is 5.97 Å². The zero-order chi connectivity index (χ0) is 15.1. The average Bonchev–Trinajstić information content (AvgIpc) is 2.52. The van der Waals surface area contributed by atoms with Crippen LogP contribution in [0.25, 0.3) is 0 Å². The Hall–Kier alpha value is -1.59. The first-order valence-corrected chi connectivity index (χ1v) is 7.62. The van der Waals surface area contributed by atoms with Crippen LogP contribution in [0.3, 0.4) is 0 Å². The van der Waals surface area contributed by atoms with E-state index in [1.807, 2.05) is 0 Å². The molecule has 1 fully saturated rings. The van der Waals surface area contributed by atoms with Crippen LogP contribution in [-0.4, -0.2) is 54.8 Å². The van der Waals surface area contributed by atoms with E-state index in [1.54, 1.807) is 24.3 Å². The highest BCUT2D eigenvalue weighted by molar-refractivity contribution is 5.90. The van der Waals surface area contributed by atoms with Gasteiger partial charge in [0.1, 0.15) is 17.9 Å². The van der Waals surface area contributed by atoms with Crippen molar-refractivity contribution in [3.05, 3.63) is 29.8 Å². The Bertz CT molecular complexity index is 459. The Morgan fingerprint density at radius 3 is 2.76 bits per heavy atom. The van der Waals surface area contributed by atoms with E-state index in [-0.39, 0.29) is 5.56 Å². The number of aromatic carboxylic acids is 1. The summed E-state index contributed by atoms with van der Waals surface area (Å²) in [5.74, 6) is -0.498. The molecule has 21 heavy (non-hydrogen) atoms. The molecular weight excluding hydrogens is 268 g/mol. The fourth-order valence-electron chi connectivity index (χ4n) is 2.81. The van der Waals surface area contributed by atoms with Gasteiger partial charge in [0.2, 0.25) is 0 Å². The van der Waals surface area contributed by atoms with Gasteiger partial charge in [-0.05, 0) is 44.6 Å². The SMILES string of the molecule is CCN(CCOc1ccccc1C(=O)O)C1CCNCC1. The molecular formula is C16H24N2O3. The highest BCUT2D eigenvalue weighted by atomic mass is 16.5. The maximum Gasteiger partial charge on any atom is 0.339 e. The van der Waals surface area contributed by atoms with Crippen molar-refractivity contribution < 1.29 is 14.6 Å². The highest BCUT2D eigenvalue weighted by Gasteiger charge is 2.19. The fourth-order valence-corrected chi connectivity index (χ4v) is 2.81. The van der Waals surface area contributed by atoms with E-state index < -0.39 is 5.97 Å². The van der Waals surface area contributed by atoms with Crippen LogP contribution < -0.4 is 10.1 Å². The third-order valence-corrected chi connectivity index (χ3v) is 3.98. The lowest BCUT2D eigenvalue weighted by Gasteiger charge is -2.33. The van der Waals surface area contributed by atoms with Crippen LogP contribution in [0.1, 0.15) is 30.1 Å². The van der Waals surface area contributed by atoms with Crippen molar-refractivity contribution in [1.82, 2.24) is 10.2 Å². The van der Waals surface area contributed by atoms with Crippen LogP contribution in [0.2, 0.25) is 0 Å². The molecule has 1 saturated heterocycles. The lowest BCUT2D eigenvalue weighted by atomic mass is 10.1. The summed E-state index contributed by atoms with van der Waals surface area (Å²) in [6.07, 6.45) is 2.33. The van der Waals surface area contributed by atoms with Crippen molar-refractivity contribution in [3.8, 4) is 5.75 Å². The van der Waals surface area contributed by atoms with E-state index in [9.17, 15) is 4.79 Å². The minimum absolute atomic E-state index is 0.224. The van der Waals surface area contributed by atoms with Gasteiger partial charge in [-0.1, -0.05) is 19.1 Å². The number of likely N-dealkylation sites (N-methyl/N-ethyl adjacent to an activating group) is 1. The van der Waals surface area contributed by atoms with Gasteiger partial charge in [0.25, 0.3) is 0 Å². The summed E-state index contributed by atoms with van der Waals surface area (Å²) < 4.78 is 5.68. The summed E-state index contributed by atoms with van der Waals surface area (Å²) >= 11 is 0. The van der Waals surface area contributed by atoms with Gasteiger partial charge in [-0.2, -0.15) is 0 Å². The molecule has 1 aliphatic rings. The minimum Gasteiger partial charge on any atom is -0.491 e. The minimum atomic E-state index is -0.948. The van der Waals surface area contributed by atoms with E-state index in [0.29, 0.717) is 18.4 Å². The molecule has 0 atom stereocenters. The molecule has 1 aromatic rings. The van der Waals surface area contributed by atoms with Crippen LogP contribution >= 0.6 is 0 Å². The number of para-hydroxylation sites is 1. The number of hydrogen-bond acceptors (Lipinski definition) is 4. The van der Waals surface area contributed by atoms with Gasteiger partial charge in [-0.15, -0.1) is 0 Å². The van der Waals surface area contributed by atoms with Gasteiger partial charge in [-0.25, -0.2) is 4.79 Å². The van der Waals surface area contributed by atoms with Gasteiger partial charge < -0.3 is 15.2 Å². The summed E-state index contributed by atoms with van der Waals surface area (Å²) in [5.41, 5.74) is 0.224. The van der Waals surface area contributed by atoms with Crippen molar-refractivity contribution in [2.24, 2.45) is 0 Å².